The molecular weight excluding hydrogens is 1080 g/mol. The normalized spacial score (nSPS) is 10.2. The van der Waals surface area contributed by atoms with Crippen molar-refractivity contribution in [2.75, 3.05) is 0 Å². The number of hydrogen-bond acceptors (Lipinski definition) is 14. The standard InChI is InChI=1S/C18H16N4O.C13H10N4O.C13H7N3.C7H5N.C6H3BrN2.C5H10O2/c1-3-13(2)18-21-17(22-23-18)15-5-7-16(20-12-15)6-4-14-8-10-19-11-9-14;14-13(17-18)11-2-4-12(16-9-11)3-1-10-5-7-15-8-6-10;1-14-13-5-4-12(16-10-13)3-2-11-6-8-15-9-7-11;1-2-7-3-5-8-6-4-7;1-8-5-2-3-6(7)9-4-5;1-3-4(2)5(6)7/h5,7-13H,3H2,1-2H3;2,4-9,18H,(H2,14,17);4-10H;1,3-6H;2-4H;4H,3H2,1-2H3,(H,6,7). The van der Waals surface area contributed by atoms with Crippen LogP contribution in [0.5, 0.6) is 0 Å². The van der Waals surface area contributed by atoms with Crippen molar-refractivity contribution in [2.45, 2.75) is 46.5 Å². The number of carboxylic acid groups (broad SMARTS) is 1. The third-order valence-electron chi connectivity index (χ3n) is 10.3. The summed E-state index contributed by atoms with van der Waals surface area (Å²) in [4.78, 5) is 52.7. The Balaban J connectivity index is 0.000000220. The van der Waals surface area contributed by atoms with E-state index in [1.54, 1.807) is 111 Å². The second-order valence-electron chi connectivity index (χ2n) is 16.1. The number of carboxylic acids is 1. The number of aromatic nitrogens is 10. The Bertz CT molecular complexity index is 3690. The van der Waals surface area contributed by atoms with Crippen LogP contribution in [0.4, 0.5) is 11.4 Å². The molecule has 0 aliphatic carbocycles. The molecule has 0 spiro atoms. The summed E-state index contributed by atoms with van der Waals surface area (Å²) >= 11 is 3.16. The van der Waals surface area contributed by atoms with Gasteiger partial charge >= 0.3 is 5.97 Å². The fourth-order valence-corrected chi connectivity index (χ4v) is 5.54. The van der Waals surface area contributed by atoms with E-state index in [1.807, 2.05) is 55.5 Å². The molecule has 2 unspecified atom stereocenters. The van der Waals surface area contributed by atoms with E-state index in [1.165, 1.54) is 18.6 Å². The van der Waals surface area contributed by atoms with Gasteiger partial charge in [-0.25, -0.2) is 19.7 Å². The van der Waals surface area contributed by atoms with Crippen molar-refractivity contribution in [3.63, 3.8) is 0 Å². The van der Waals surface area contributed by atoms with Crippen LogP contribution in [-0.2, 0) is 4.79 Å². The molecule has 81 heavy (non-hydrogen) atoms. The average Bonchev–Trinajstić information content (AvgIpc) is 4.04. The van der Waals surface area contributed by atoms with Crippen molar-refractivity contribution in [3.05, 3.63) is 250 Å². The molecule has 9 rings (SSSR count). The number of carbonyl (C=O) groups is 1. The highest BCUT2D eigenvalue weighted by atomic mass is 79.9. The number of terminal acetylenes is 1. The smallest absolute Gasteiger partial charge is 0.306 e. The third-order valence-corrected chi connectivity index (χ3v) is 10.8. The van der Waals surface area contributed by atoms with Crippen LogP contribution in [0, 0.1) is 66.9 Å². The quantitative estimate of drug-likeness (QED) is 0.0266. The van der Waals surface area contributed by atoms with Gasteiger partial charge in [0.15, 0.2) is 5.84 Å². The van der Waals surface area contributed by atoms with Crippen LogP contribution in [0.15, 0.2) is 186 Å². The molecule has 0 bridgehead atoms. The molecule has 0 aliphatic rings. The topological polar surface area (TPSA) is 247 Å². The molecule has 0 radical (unpaired) electrons. The lowest BCUT2D eigenvalue weighted by Crippen LogP contribution is -2.13. The van der Waals surface area contributed by atoms with Gasteiger partial charge in [-0.15, -0.1) is 6.42 Å². The number of pyridine rings is 8. The number of hydrogen-bond donors (Lipinski definition) is 3. The minimum absolute atomic E-state index is 0.0242. The predicted molar refractivity (Wildman–Crippen MR) is 312 cm³/mol. The first kappa shape index (κ1) is 62.3. The van der Waals surface area contributed by atoms with Gasteiger partial charge in [0.2, 0.25) is 23.1 Å². The van der Waals surface area contributed by atoms with Gasteiger partial charge in [0, 0.05) is 114 Å². The van der Waals surface area contributed by atoms with E-state index in [-0.39, 0.29) is 17.7 Å². The predicted octanol–water partition coefficient (Wildman–Crippen LogP) is 11.4. The van der Waals surface area contributed by atoms with E-state index in [0.29, 0.717) is 45.7 Å². The summed E-state index contributed by atoms with van der Waals surface area (Å²) in [6, 6.07) is 28.7. The Morgan fingerprint density at radius 1 is 0.630 bits per heavy atom. The summed E-state index contributed by atoms with van der Waals surface area (Å²) in [6.07, 6.45) is 26.5. The van der Waals surface area contributed by atoms with E-state index >= 15 is 0 Å². The van der Waals surface area contributed by atoms with Crippen LogP contribution in [0.25, 0.3) is 21.1 Å². The molecule has 0 aromatic carbocycles. The molecule has 4 N–H and O–H groups in total. The van der Waals surface area contributed by atoms with Crippen LogP contribution in [0.2, 0.25) is 0 Å². The van der Waals surface area contributed by atoms with E-state index < -0.39 is 5.97 Å². The molecule has 18 nitrogen and oxygen atoms in total. The van der Waals surface area contributed by atoms with Gasteiger partial charge < -0.3 is 20.6 Å². The Morgan fingerprint density at radius 2 is 1.07 bits per heavy atom. The van der Waals surface area contributed by atoms with Gasteiger partial charge in [0.25, 0.3) is 0 Å². The van der Waals surface area contributed by atoms with Gasteiger partial charge in [-0.3, -0.25) is 34.7 Å². The number of rotatable bonds is 6. The molecule has 2 atom stereocenters. The molecule has 0 aliphatic heterocycles. The lowest BCUT2D eigenvalue weighted by atomic mass is 10.1. The van der Waals surface area contributed by atoms with Crippen LogP contribution in [0.1, 0.15) is 97.2 Å². The van der Waals surface area contributed by atoms with Crippen LogP contribution >= 0.6 is 15.9 Å². The third kappa shape index (κ3) is 24.1. The number of halogens is 1. The maximum Gasteiger partial charge on any atom is 0.306 e. The van der Waals surface area contributed by atoms with Crippen molar-refractivity contribution in [3.8, 4) is 59.3 Å². The maximum absolute atomic E-state index is 9.93. The van der Waals surface area contributed by atoms with E-state index in [4.69, 9.17) is 40.1 Å². The van der Waals surface area contributed by atoms with Gasteiger partial charge in [-0.05, 0) is 131 Å². The maximum atomic E-state index is 9.93. The van der Waals surface area contributed by atoms with Gasteiger partial charge in [-0.1, -0.05) is 73.8 Å². The first-order valence-electron chi connectivity index (χ1n) is 24.3. The van der Waals surface area contributed by atoms with E-state index in [9.17, 15) is 4.79 Å². The van der Waals surface area contributed by atoms with Crippen LogP contribution in [-0.4, -0.2) is 72.1 Å². The summed E-state index contributed by atoms with van der Waals surface area (Å²) in [5, 5.41) is 23.6. The SMILES string of the molecule is C#Cc1ccncc1.CCC(C)C(=O)O.CCC(C)c1nc(-c2ccc(C#Cc3ccncc3)nc2)no1.N/C(=N\O)c1ccc(C#Cc2ccncc2)nc1.[C-]#[N+]c1ccc(Br)nc1.[C-]#[N+]c1ccc(C#Cc2ccncc2)nc1. The van der Waals surface area contributed by atoms with Crippen molar-refractivity contribution in [1.82, 2.24) is 50.0 Å². The first-order chi connectivity index (χ1) is 39.4. The Kier molecular flexibility index (Phi) is 27.6. The number of oxime groups is 1. The van der Waals surface area contributed by atoms with Crippen molar-refractivity contribution >= 4 is 39.1 Å². The fraction of sp³-hybridized carbons (Fsp3) is 0.129. The number of nitrogens with zero attached hydrogens (tertiary/aromatic N) is 13. The lowest BCUT2D eigenvalue weighted by molar-refractivity contribution is -0.141. The highest BCUT2D eigenvalue weighted by molar-refractivity contribution is 9.10. The number of nitrogens with two attached hydrogens (primary N) is 1. The summed E-state index contributed by atoms with van der Waals surface area (Å²) < 4.78 is 6.04. The molecule has 9 aromatic heterocycles. The molecule has 0 saturated carbocycles. The minimum Gasteiger partial charge on any atom is -0.481 e. The summed E-state index contributed by atoms with van der Waals surface area (Å²) in [7, 11) is 0. The number of amidine groups is 1. The summed E-state index contributed by atoms with van der Waals surface area (Å²) in [5.41, 5.74) is 13.4. The molecule has 0 fully saturated rings. The van der Waals surface area contributed by atoms with E-state index in [2.05, 4.69) is 136 Å². The molecule has 0 amide bonds. The number of aliphatic carboxylic acids is 1. The second kappa shape index (κ2) is 35.9. The van der Waals surface area contributed by atoms with Crippen LogP contribution in [0.3, 0.4) is 0 Å². The molecule has 19 heteroatoms. The highest BCUT2D eigenvalue weighted by Crippen LogP contribution is 2.21. The van der Waals surface area contributed by atoms with Crippen molar-refractivity contribution < 1.29 is 19.6 Å². The van der Waals surface area contributed by atoms with Crippen LogP contribution < -0.4 is 5.73 Å². The first-order valence-corrected chi connectivity index (χ1v) is 25.1. The zero-order chi connectivity index (χ0) is 58.5. The van der Waals surface area contributed by atoms with Crippen molar-refractivity contribution in [2.24, 2.45) is 16.8 Å². The largest absolute Gasteiger partial charge is 0.481 e. The zero-order valence-electron chi connectivity index (χ0n) is 44.3. The fourth-order valence-electron chi connectivity index (χ4n) is 5.30. The second-order valence-corrected chi connectivity index (χ2v) is 16.9. The average molecular weight is 1140 g/mol. The lowest BCUT2D eigenvalue weighted by Gasteiger charge is -1.98. The van der Waals surface area contributed by atoms with Gasteiger partial charge in [0.05, 0.1) is 19.1 Å². The highest BCUT2D eigenvalue weighted by Gasteiger charge is 2.14. The molecule has 9 heterocycles. The molecule has 0 saturated heterocycles. The minimum atomic E-state index is -0.706. The molecule has 400 valence electrons. The van der Waals surface area contributed by atoms with Crippen molar-refractivity contribution in [1.29, 1.82) is 0 Å². The molecule has 9 aromatic rings. The Hall–Kier alpha value is -11.2. The monoisotopic (exact) mass is 1130 g/mol. The Labute approximate surface area is 478 Å². The van der Waals surface area contributed by atoms with Gasteiger partial charge in [0.1, 0.15) is 21.7 Å². The molecular formula is C62H51BrN14O4. The summed E-state index contributed by atoms with van der Waals surface area (Å²) in [5.74, 6) is 20.9. The van der Waals surface area contributed by atoms with Gasteiger partial charge in [-0.2, -0.15) is 4.98 Å². The zero-order valence-corrected chi connectivity index (χ0v) is 45.9. The van der Waals surface area contributed by atoms with E-state index in [0.717, 1.165) is 45.3 Å². The Morgan fingerprint density at radius 3 is 1.41 bits per heavy atom. The summed E-state index contributed by atoms with van der Waals surface area (Å²) in [6.45, 7) is 21.1.